The van der Waals surface area contributed by atoms with Crippen molar-refractivity contribution in [1.29, 1.82) is 0 Å². The molecule has 0 fully saturated rings. The maximum absolute atomic E-state index is 6.13. The summed E-state index contributed by atoms with van der Waals surface area (Å²) < 4.78 is 6.13. The number of nitrogens with one attached hydrogen (secondary N) is 1. The van der Waals surface area contributed by atoms with E-state index >= 15 is 0 Å². The molecule has 4 nitrogen and oxygen atoms in total. The first kappa shape index (κ1) is 23.4. The van der Waals surface area contributed by atoms with Crippen LogP contribution >= 0.6 is 0 Å². The van der Waals surface area contributed by atoms with Gasteiger partial charge in [0.25, 0.3) is 0 Å². The van der Waals surface area contributed by atoms with E-state index in [-0.39, 0.29) is 0 Å². The van der Waals surface area contributed by atoms with Gasteiger partial charge in [-0.05, 0) is 51.7 Å². The number of benzene rings is 6. The van der Waals surface area contributed by atoms with Crippen molar-refractivity contribution in [3.8, 4) is 11.1 Å². The van der Waals surface area contributed by atoms with Crippen molar-refractivity contribution in [2.45, 2.75) is 6.17 Å². The van der Waals surface area contributed by atoms with E-state index in [0.29, 0.717) is 0 Å². The second-order valence-corrected chi connectivity index (χ2v) is 10.3. The smallest absolute Gasteiger partial charge is 0.169 e. The summed E-state index contributed by atoms with van der Waals surface area (Å²) in [4.78, 5) is 10.3. The monoisotopic (exact) mass is 527 g/mol. The van der Waals surface area contributed by atoms with Crippen LogP contribution in [0, 0.1) is 0 Å². The summed E-state index contributed by atoms with van der Waals surface area (Å²) in [5.41, 5.74) is 7.17. The van der Waals surface area contributed by atoms with Gasteiger partial charge in [-0.25, -0.2) is 9.98 Å². The molecule has 1 aliphatic heterocycles. The Labute approximate surface area is 237 Å². The van der Waals surface area contributed by atoms with Gasteiger partial charge in [0.1, 0.15) is 22.8 Å². The predicted molar refractivity (Wildman–Crippen MR) is 168 cm³/mol. The Morgan fingerprint density at radius 2 is 1.17 bits per heavy atom. The van der Waals surface area contributed by atoms with Gasteiger partial charge in [0, 0.05) is 21.9 Å². The summed E-state index contributed by atoms with van der Waals surface area (Å²) in [5, 5.41) is 8.06. The lowest BCUT2D eigenvalue weighted by Gasteiger charge is -2.24. The third-order valence-corrected chi connectivity index (χ3v) is 7.71. The Morgan fingerprint density at radius 3 is 2.00 bits per heavy atom. The molecule has 1 N–H and O–H groups in total. The zero-order valence-electron chi connectivity index (χ0n) is 22.2. The lowest BCUT2D eigenvalue weighted by atomic mass is 9.98. The van der Waals surface area contributed by atoms with Gasteiger partial charge >= 0.3 is 0 Å². The van der Waals surface area contributed by atoms with Crippen LogP contribution < -0.4 is 5.32 Å². The SMILES string of the molecule is c1ccc(C2=NC(c3ccc4cc5oc6ccccc6c5cc4c3)N=C(c3ccccc3-c3ccccc3)N2)cc1. The van der Waals surface area contributed by atoms with Gasteiger partial charge in [-0.1, -0.05) is 115 Å². The van der Waals surface area contributed by atoms with E-state index in [0.717, 1.165) is 72.2 Å². The van der Waals surface area contributed by atoms with Crippen LogP contribution in [-0.2, 0) is 0 Å². The topological polar surface area (TPSA) is 49.9 Å². The predicted octanol–water partition coefficient (Wildman–Crippen LogP) is 8.90. The molecule has 7 aromatic rings. The van der Waals surface area contributed by atoms with E-state index in [9.17, 15) is 0 Å². The third kappa shape index (κ3) is 4.17. The molecule has 0 spiro atoms. The van der Waals surface area contributed by atoms with Crippen molar-refractivity contribution in [2.75, 3.05) is 0 Å². The van der Waals surface area contributed by atoms with E-state index in [1.165, 1.54) is 0 Å². The Bertz CT molecular complexity index is 2120. The second kappa shape index (κ2) is 9.61. The van der Waals surface area contributed by atoms with E-state index in [1.54, 1.807) is 0 Å². The Morgan fingerprint density at radius 1 is 0.488 bits per heavy atom. The summed E-state index contributed by atoms with van der Waals surface area (Å²) >= 11 is 0. The molecule has 6 aromatic carbocycles. The Balaban J connectivity index is 1.28. The highest BCUT2D eigenvalue weighted by Crippen LogP contribution is 2.34. The molecule has 0 bridgehead atoms. The standard InChI is InChI=1S/C37H25N3O/c1-3-11-24(12-4-1)29-15-7-8-17-31(29)37-39-35(25-13-5-2-6-14-25)38-36(40-37)27-20-19-26-23-34-32(22-28(26)21-27)30-16-9-10-18-33(30)41-34/h1-23,36H,(H,38,39,40). The molecule has 8 rings (SSSR count). The van der Waals surface area contributed by atoms with Gasteiger partial charge in [0.05, 0.1) is 0 Å². The van der Waals surface area contributed by atoms with Gasteiger partial charge in [0.2, 0.25) is 0 Å². The summed E-state index contributed by atoms with van der Waals surface area (Å²) in [6.45, 7) is 0. The summed E-state index contributed by atoms with van der Waals surface area (Å²) in [6.07, 6.45) is -0.397. The van der Waals surface area contributed by atoms with Gasteiger partial charge < -0.3 is 9.73 Å². The number of hydrogen-bond acceptors (Lipinski definition) is 4. The molecular weight excluding hydrogens is 502 g/mol. The van der Waals surface area contributed by atoms with Gasteiger partial charge in [0.15, 0.2) is 6.17 Å². The number of amidine groups is 2. The summed E-state index contributed by atoms with van der Waals surface area (Å²) in [7, 11) is 0. The van der Waals surface area contributed by atoms with Crippen LogP contribution in [0.5, 0.6) is 0 Å². The molecule has 0 radical (unpaired) electrons. The molecule has 41 heavy (non-hydrogen) atoms. The van der Waals surface area contributed by atoms with E-state index in [4.69, 9.17) is 14.4 Å². The maximum Gasteiger partial charge on any atom is 0.169 e. The molecule has 1 aliphatic rings. The van der Waals surface area contributed by atoms with Gasteiger partial charge in [-0.3, -0.25) is 0 Å². The molecule has 1 aromatic heterocycles. The molecular formula is C37H25N3O. The van der Waals surface area contributed by atoms with Crippen LogP contribution in [0.2, 0.25) is 0 Å². The number of hydrogen-bond donors (Lipinski definition) is 1. The number of rotatable bonds is 4. The quantitative estimate of drug-likeness (QED) is 0.248. The zero-order valence-corrected chi connectivity index (χ0v) is 22.2. The van der Waals surface area contributed by atoms with Gasteiger partial charge in [-0.2, -0.15) is 0 Å². The van der Waals surface area contributed by atoms with Crippen molar-refractivity contribution in [3.63, 3.8) is 0 Å². The normalized spacial score (nSPS) is 15.1. The molecule has 0 saturated carbocycles. The molecule has 2 heterocycles. The summed E-state index contributed by atoms with van der Waals surface area (Å²) in [5.74, 6) is 1.61. The van der Waals surface area contributed by atoms with Crippen LogP contribution in [0.3, 0.4) is 0 Å². The van der Waals surface area contributed by atoms with E-state index in [1.807, 2.05) is 36.4 Å². The first-order valence-electron chi connectivity index (χ1n) is 13.8. The van der Waals surface area contributed by atoms with Gasteiger partial charge in [-0.15, -0.1) is 0 Å². The van der Waals surface area contributed by atoms with Crippen LogP contribution in [-0.4, -0.2) is 11.7 Å². The first-order chi connectivity index (χ1) is 20.3. The molecule has 0 aliphatic carbocycles. The second-order valence-electron chi connectivity index (χ2n) is 10.3. The maximum atomic E-state index is 6.13. The van der Waals surface area contributed by atoms with Crippen molar-refractivity contribution in [2.24, 2.45) is 9.98 Å². The van der Waals surface area contributed by atoms with Crippen molar-refractivity contribution < 1.29 is 4.42 Å². The Hall–Kier alpha value is -5.48. The minimum absolute atomic E-state index is 0.397. The molecule has 194 valence electrons. The van der Waals surface area contributed by atoms with Crippen molar-refractivity contribution in [3.05, 3.63) is 156 Å². The highest BCUT2D eigenvalue weighted by molar-refractivity contribution is 6.18. The third-order valence-electron chi connectivity index (χ3n) is 7.71. The number of aliphatic imine (C=N–C) groups is 2. The van der Waals surface area contributed by atoms with Crippen LogP contribution in [0.25, 0.3) is 43.8 Å². The van der Waals surface area contributed by atoms with E-state index < -0.39 is 6.17 Å². The lowest BCUT2D eigenvalue weighted by Crippen LogP contribution is -2.36. The highest BCUT2D eigenvalue weighted by atomic mass is 16.3. The number of para-hydroxylation sites is 1. The summed E-state index contributed by atoms with van der Waals surface area (Å²) in [6, 6.07) is 48.1. The fraction of sp³-hybridized carbons (Fsp3) is 0.0270. The van der Waals surface area contributed by atoms with Crippen LogP contribution in [0.15, 0.2) is 154 Å². The fourth-order valence-electron chi connectivity index (χ4n) is 5.69. The largest absolute Gasteiger partial charge is 0.456 e. The fourth-order valence-corrected chi connectivity index (χ4v) is 5.69. The molecule has 0 amide bonds. The number of nitrogens with zero attached hydrogens (tertiary/aromatic N) is 2. The van der Waals surface area contributed by atoms with Crippen molar-refractivity contribution in [1.82, 2.24) is 5.32 Å². The van der Waals surface area contributed by atoms with Crippen LogP contribution in [0.4, 0.5) is 0 Å². The first-order valence-corrected chi connectivity index (χ1v) is 13.8. The molecule has 4 heteroatoms. The number of fused-ring (bicyclic) bond motifs is 4. The minimum atomic E-state index is -0.397. The molecule has 1 unspecified atom stereocenters. The molecule has 1 atom stereocenters. The van der Waals surface area contributed by atoms with Crippen LogP contribution in [0.1, 0.15) is 22.9 Å². The Kier molecular flexibility index (Phi) is 5.49. The van der Waals surface area contributed by atoms with E-state index in [2.05, 4.69) is 108 Å². The average molecular weight is 528 g/mol. The molecule has 0 saturated heterocycles. The lowest BCUT2D eigenvalue weighted by molar-refractivity contribution is 0.669. The number of furan rings is 1. The average Bonchev–Trinajstić information content (AvgIpc) is 3.41. The minimum Gasteiger partial charge on any atom is -0.456 e. The highest BCUT2D eigenvalue weighted by Gasteiger charge is 2.23. The zero-order chi connectivity index (χ0) is 27.2. The van der Waals surface area contributed by atoms with Crippen molar-refractivity contribution >= 4 is 44.4 Å².